The molecular weight excluding hydrogens is 367 g/mol. The fraction of sp³-hybridized carbons (Fsp3) is 0.273. The summed E-state index contributed by atoms with van der Waals surface area (Å²) in [5.74, 6) is -1.71. The van der Waals surface area contributed by atoms with Crippen LogP contribution in [0.5, 0.6) is 0 Å². The summed E-state index contributed by atoms with van der Waals surface area (Å²) in [6, 6.07) is 2.88. The lowest BCUT2D eigenvalue weighted by atomic mass is 10.1. The van der Waals surface area contributed by atoms with Gasteiger partial charge in [-0.25, -0.2) is 4.79 Å². The van der Waals surface area contributed by atoms with Gasteiger partial charge < -0.3 is 10.0 Å². The minimum atomic E-state index is -1.14. The van der Waals surface area contributed by atoms with Gasteiger partial charge in [-0.3, -0.25) is 14.9 Å². The molecule has 8 heteroatoms. The summed E-state index contributed by atoms with van der Waals surface area (Å²) in [6.45, 7) is 1.37. The Morgan fingerprint density at radius 1 is 1.47 bits per heavy atom. The maximum Gasteiger partial charge on any atom is 0.326 e. The molecule has 0 aliphatic rings. The highest BCUT2D eigenvalue weighted by molar-refractivity contribution is 14.1. The van der Waals surface area contributed by atoms with E-state index < -0.39 is 22.8 Å². The van der Waals surface area contributed by atoms with Crippen LogP contribution < -0.4 is 0 Å². The second kappa shape index (κ2) is 5.95. The monoisotopic (exact) mass is 378 g/mol. The molecule has 0 fully saturated rings. The van der Waals surface area contributed by atoms with Crippen LogP contribution in [0.3, 0.4) is 0 Å². The highest BCUT2D eigenvalue weighted by Gasteiger charge is 2.25. The van der Waals surface area contributed by atoms with Gasteiger partial charge in [-0.15, -0.1) is 0 Å². The molecule has 1 rings (SSSR count). The highest BCUT2D eigenvalue weighted by Crippen LogP contribution is 2.21. The molecule has 1 N–H and O–H groups in total. The van der Waals surface area contributed by atoms with E-state index in [-0.39, 0.29) is 11.3 Å². The van der Waals surface area contributed by atoms with E-state index in [2.05, 4.69) is 0 Å². The minimum absolute atomic E-state index is 0.116. The average Bonchev–Trinajstić information content (AvgIpc) is 2.36. The third-order valence-electron chi connectivity index (χ3n) is 2.65. The molecule has 19 heavy (non-hydrogen) atoms. The first-order valence-corrected chi connectivity index (χ1v) is 6.27. The number of carbonyl (C=O) groups is 2. The summed E-state index contributed by atoms with van der Waals surface area (Å²) in [7, 11) is 1.34. The van der Waals surface area contributed by atoms with E-state index in [0.29, 0.717) is 3.57 Å². The van der Waals surface area contributed by atoms with Gasteiger partial charge in [0.1, 0.15) is 6.04 Å². The maximum atomic E-state index is 12.1. The number of nitrogens with zero attached hydrogens (tertiary/aromatic N) is 2. The van der Waals surface area contributed by atoms with Gasteiger partial charge in [0.2, 0.25) is 0 Å². The van der Waals surface area contributed by atoms with Gasteiger partial charge >= 0.3 is 5.97 Å². The molecule has 0 saturated carbocycles. The van der Waals surface area contributed by atoms with Crippen molar-refractivity contribution in [1.29, 1.82) is 0 Å². The average molecular weight is 378 g/mol. The van der Waals surface area contributed by atoms with E-state index in [0.717, 1.165) is 11.0 Å². The molecule has 1 aromatic carbocycles. The number of amides is 1. The first-order chi connectivity index (χ1) is 8.75. The van der Waals surface area contributed by atoms with Crippen molar-refractivity contribution in [3.05, 3.63) is 37.4 Å². The first kappa shape index (κ1) is 15.3. The zero-order chi connectivity index (χ0) is 14.7. The van der Waals surface area contributed by atoms with Crippen molar-refractivity contribution >= 4 is 40.2 Å². The maximum absolute atomic E-state index is 12.1. The molecule has 102 valence electrons. The van der Waals surface area contributed by atoms with Crippen molar-refractivity contribution in [1.82, 2.24) is 4.90 Å². The topological polar surface area (TPSA) is 101 Å². The smallest absolute Gasteiger partial charge is 0.326 e. The molecule has 0 aliphatic carbocycles. The molecule has 0 aliphatic heterocycles. The van der Waals surface area contributed by atoms with Crippen molar-refractivity contribution in [3.63, 3.8) is 0 Å². The van der Waals surface area contributed by atoms with Crippen LogP contribution in [0.2, 0.25) is 0 Å². The summed E-state index contributed by atoms with van der Waals surface area (Å²) in [6.07, 6.45) is 0. The Morgan fingerprint density at radius 3 is 2.53 bits per heavy atom. The highest BCUT2D eigenvalue weighted by atomic mass is 127. The summed E-state index contributed by atoms with van der Waals surface area (Å²) in [5.41, 5.74) is -0.0921. The van der Waals surface area contributed by atoms with Crippen molar-refractivity contribution in [2.45, 2.75) is 13.0 Å². The van der Waals surface area contributed by atoms with Gasteiger partial charge in [0.05, 0.1) is 10.5 Å². The Hall–Kier alpha value is -1.71. The van der Waals surface area contributed by atoms with Crippen LogP contribution in [0.25, 0.3) is 0 Å². The standard InChI is InChI=1S/C11H11IN2O5/c1-6(11(16)17)13(2)10(15)8-5-7(14(18)19)3-4-9(8)12/h3-6H,1-2H3,(H,16,17). The molecule has 7 nitrogen and oxygen atoms in total. The van der Waals surface area contributed by atoms with E-state index in [1.807, 2.05) is 22.6 Å². The SMILES string of the molecule is CC(C(=O)O)N(C)C(=O)c1cc([N+](=O)[O-])ccc1I. The van der Waals surface area contributed by atoms with Crippen molar-refractivity contribution in [3.8, 4) is 0 Å². The number of non-ortho nitro benzene ring substituents is 1. The largest absolute Gasteiger partial charge is 0.480 e. The second-order valence-electron chi connectivity index (χ2n) is 3.85. The van der Waals surface area contributed by atoms with Gasteiger partial charge in [0, 0.05) is 22.8 Å². The van der Waals surface area contributed by atoms with Crippen molar-refractivity contribution in [2.24, 2.45) is 0 Å². The van der Waals surface area contributed by atoms with Gasteiger partial charge in [0.25, 0.3) is 11.6 Å². The molecule has 0 heterocycles. The minimum Gasteiger partial charge on any atom is -0.480 e. The molecule has 0 spiro atoms. The van der Waals surface area contributed by atoms with E-state index in [1.54, 1.807) is 0 Å². The van der Waals surface area contributed by atoms with Crippen LogP contribution in [-0.2, 0) is 4.79 Å². The summed E-state index contributed by atoms with van der Waals surface area (Å²) in [5, 5.41) is 19.5. The van der Waals surface area contributed by atoms with Gasteiger partial charge in [0.15, 0.2) is 0 Å². The summed E-state index contributed by atoms with van der Waals surface area (Å²) < 4.78 is 0.526. The molecule has 1 amide bonds. The van der Waals surface area contributed by atoms with Crippen LogP contribution in [0.4, 0.5) is 5.69 Å². The number of carboxylic acid groups (broad SMARTS) is 1. The van der Waals surface area contributed by atoms with E-state index in [9.17, 15) is 19.7 Å². The Balaban J connectivity index is 3.15. The van der Waals surface area contributed by atoms with Crippen LogP contribution in [-0.4, -0.2) is 39.9 Å². The van der Waals surface area contributed by atoms with Crippen LogP contribution >= 0.6 is 22.6 Å². The molecule has 1 atom stereocenters. The molecular formula is C11H11IN2O5. The lowest BCUT2D eigenvalue weighted by Crippen LogP contribution is -2.40. The number of rotatable bonds is 4. The summed E-state index contributed by atoms with van der Waals surface area (Å²) in [4.78, 5) is 34.1. The number of hydrogen-bond acceptors (Lipinski definition) is 4. The fourth-order valence-corrected chi connectivity index (χ4v) is 1.89. The Bertz CT molecular complexity index is 546. The number of aliphatic carboxylic acids is 1. The predicted octanol–water partition coefficient (Wildman–Crippen LogP) is 1.74. The predicted molar refractivity (Wildman–Crippen MR) is 75.0 cm³/mol. The normalized spacial score (nSPS) is 11.7. The Kier molecular flexibility index (Phi) is 4.81. The second-order valence-corrected chi connectivity index (χ2v) is 5.01. The lowest BCUT2D eigenvalue weighted by Gasteiger charge is -2.21. The molecule has 0 bridgehead atoms. The number of likely N-dealkylation sites (N-methyl/N-ethyl adjacent to an activating group) is 1. The molecule has 1 aromatic rings. The summed E-state index contributed by atoms with van der Waals surface area (Å²) >= 11 is 1.87. The van der Waals surface area contributed by atoms with E-state index >= 15 is 0 Å². The fourth-order valence-electron chi connectivity index (χ4n) is 1.32. The van der Waals surface area contributed by atoms with Gasteiger partial charge in [-0.1, -0.05) is 0 Å². The van der Waals surface area contributed by atoms with E-state index in [4.69, 9.17) is 5.11 Å². The van der Waals surface area contributed by atoms with Crippen LogP contribution in [0.15, 0.2) is 18.2 Å². The Labute approximate surface area is 122 Å². The Morgan fingerprint density at radius 2 is 2.05 bits per heavy atom. The third-order valence-corrected chi connectivity index (χ3v) is 3.59. The zero-order valence-corrected chi connectivity index (χ0v) is 12.3. The number of benzene rings is 1. The number of carboxylic acids is 1. The molecule has 0 aromatic heterocycles. The number of nitro benzene ring substituents is 1. The van der Waals surface area contributed by atoms with Crippen LogP contribution in [0, 0.1) is 13.7 Å². The molecule has 1 unspecified atom stereocenters. The molecule has 0 radical (unpaired) electrons. The third kappa shape index (κ3) is 3.40. The van der Waals surface area contributed by atoms with Gasteiger partial charge in [-0.2, -0.15) is 0 Å². The lowest BCUT2D eigenvalue weighted by molar-refractivity contribution is -0.384. The van der Waals surface area contributed by atoms with Crippen molar-refractivity contribution in [2.75, 3.05) is 7.05 Å². The van der Waals surface area contributed by atoms with Crippen molar-refractivity contribution < 1.29 is 19.6 Å². The number of halogens is 1. The molecule has 0 saturated heterocycles. The van der Waals surface area contributed by atoms with E-state index in [1.165, 1.54) is 26.1 Å². The quantitative estimate of drug-likeness (QED) is 0.489. The van der Waals surface area contributed by atoms with Crippen LogP contribution in [0.1, 0.15) is 17.3 Å². The van der Waals surface area contributed by atoms with Gasteiger partial charge in [-0.05, 0) is 35.6 Å². The zero-order valence-electron chi connectivity index (χ0n) is 10.2. The number of hydrogen-bond donors (Lipinski definition) is 1. The number of carbonyl (C=O) groups excluding carboxylic acids is 1. The first-order valence-electron chi connectivity index (χ1n) is 5.19. The number of nitro groups is 1.